The van der Waals surface area contributed by atoms with Crippen LogP contribution in [-0.4, -0.2) is 38.1 Å². The van der Waals surface area contributed by atoms with E-state index in [9.17, 15) is 4.79 Å². The number of rotatable bonds is 5. The SMILES string of the molecule is COc1cc(C=CC(=O)N(C)C2C3CC4CC(C3)CC2C4)cc(OC)c1. The molecular weight excluding hydrogens is 326 g/mol. The molecule has 4 saturated carbocycles. The van der Waals surface area contributed by atoms with E-state index >= 15 is 0 Å². The largest absolute Gasteiger partial charge is 0.497 e. The molecule has 1 aromatic rings. The molecule has 4 aliphatic carbocycles. The maximum atomic E-state index is 12.8. The Morgan fingerprint density at radius 1 is 0.962 bits per heavy atom. The van der Waals surface area contributed by atoms with E-state index in [4.69, 9.17) is 9.47 Å². The molecule has 0 aromatic heterocycles. The number of carbonyl (C=O) groups excluding carboxylic acids is 1. The molecular formula is C22H29NO3. The quantitative estimate of drug-likeness (QED) is 0.750. The second-order valence-corrected chi connectivity index (χ2v) is 8.35. The molecule has 0 spiro atoms. The number of benzene rings is 1. The van der Waals surface area contributed by atoms with Crippen molar-refractivity contribution >= 4 is 12.0 Å². The zero-order chi connectivity index (χ0) is 18.3. The molecule has 0 heterocycles. The van der Waals surface area contributed by atoms with Crippen molar-refractivity contribution in [3.8, 4) is 11.5 Å². The average Bonchev–Trinajstić information content (AvgIpc) is 2.64. The van der Waals surface area contributed by atoms with Gasteiger partial charge in [0.15, 0.2) is 0 Å². The highest BCUT2D eigenvalue weighted by molar-refractivity contribution is 5.92. The number of hydrogen-bond donors (Lipinski definition) is 0. The fourth-order valence-corrected chi connectivity index (χ4v) is 5.89. The summed E-state index contributed by atoms with van der Waals surface area (Å²) in [5.74, 6) is 4.84. The van der Waals surface area contributed by atoms with Gasteiger partial charge in [0.2, 0.25) is 5.91 Å². The summed E-state index contributed by atoms with van der Waals surface area (Å²) in [5, 5.41) is 0. The molecule has 26 heavy (non-hydrogen) atoms. The van der Waals surface area contributed by atoms with Gasteiger partial charge in [0, 0.05) is 25.2 Å². The Morgan fingerprint density at radius 2 is 1.50 bits per heavy atom. The lowest BCUT2D eigenvalue weighted by atomic mass is 9.54. The number of hydrogen-bond acceptors (Lipinski definition) is 3. The van der Waals surface area contributed by atoms with Crippen LogP contribution < -0.4 is 9.47 Å². The first-order valence-corrected chi connectivity index (χ1v) is 9.75. The standard InChI is InChI=1S/C22H29NO3/c1-23(22-17-7-15-6-16(9-17)10-18(22)8-15)21(24)5-4-14-11-19(25-2)13-20(12-14)26-3/h4-5,11-13,15-18,22H,6-10H2,1-3H3. The predicted octanol–water partition coefficient (Wildman–Crippen LogP) is 4.00. The van der Waals surface area contributed by atoms with Gasteiger partial charge in [-0.3, -0.25) is 4.79 Å². The Hall–Kier alpha value is -1.97. The monoisotopic (exact) mass is 355 g/mol. The Labute approximate surface area is 156 Å². The number of nitrogens with zero attached hydrogens (tertiary/aromatic N) is 1. The second kappa shape index (κ2) is 6.98. The molecule has 1 aromatic carbocycles. The van der Waals surface area contributed by atoms with Crippen LogP contribution in [0.25, 0.3) is 6.08 Å². The third-order valence-electron chi connectivity index (χ3n) is 6.76. The first-order chi connectivity index (χ1) is 12.6. The molecule has 4 fully saturated rings. The minimum Gasteiger partial charge on any atom is -0.497 e. The van der Waals surface area contributed by atoms with Crippen LogP contribution in [0.2, 0.25) is 0 Å². The van der Waals surface area contributed by atoms with E-state index in [1.807, 2.05) is 36.2 Å². The van der Waals surface area contributed by atoms with Crippen molar-refractivity contribution in [1.82, 2.24) is 4.90 Å². The van der Waals surface area contributed by atoms with Gasteiger partial charge in [-0.25, -0.2) is 0 Å². The van der Waals surface area contributed by atoms with Gasteiger partial charge < -0.3 is 14.4 Å². The highest BCUT2D eigenvalue weighted by Crippen LogP contribution is 2.54. The molecule has 0 radical (unpaired) electrons. The fourth-order valence-electron chi connectivity index (χ4n) is 5.89. The Kier molecular flexibility index (Phi) is 4.68. The summed E-state index contributed by atoms with van der Waals surface area (Å²) in [4.78, 5) is 14.8. The van der Waals surface area contributed by atoms with Crippen LogP contribution in [0.1, 0.15) is 37.7 Å². The van der Waals surface area contributed by atoms with Crippen molar-refractivity contribution in [2.24, 2.45) is 23.7 Å². The maximum Gasteiger partial charge on any atom is 0.246 e. The maximum absolute atomic E-state index is 12.8. The minimum atomic E-state index is 0.101. The number of methoxy groups -OCH3 is 2. The highest BCUT2D eigenvalue weighted by Gasteiger charge is 2.50. The lowest BCUT2D eigenvalue weighted by molar-refractivity contribution is -0.135. The van der Waals surface area contributed by atoms with Crippen molar-refractivity contribution in [2.75, 3.05) is 21.3 Å². The molecule has 5 rings (SSSR count). The van der Waals surface area contributed by atoms with E-state index in [2.05, 4.69) is 0 Å². The molecule has 0 aliphatic heterocycles. The van der Waals surface area contributed by atoms with E-state index in [-0.39, 0.29) is 5.91 Å². The summed E-state index contributed by atoms with van der Waals surface area (Å²) in [6, 6.07) is 6.09. The van der Waals surface area contributed by atoms with E-state index in [0.717, 1.165) is 28.9 Å². The average molecular weight is 355 g/mol. The van der Waals surface area contributed by atoms with Gasteiger partial charge in [-0.1, -0.05) is 0 Å². The van der Waals surface area contributed by atoms with Crippen molar-refractivity contribution in [3.05, 3.63) is 29.8 Å². The summed E-state index contributed by atoms with van der Waals surface area (Å²) in [6.45, 7) is 0. The van der Waals surface area contributed by atoms with E-state index in [0.29, 0.717) is 17.9 Å². The second-order valence-electron chi connectivity index (χ2n) is 8.35. The molecule has 4 aliphatic rings. The predicted molar refractivity (Wildman–Crippen MR) is 102 cm³/mol. The van der Waals surface area contributed by atoms with Gasteiger partial charge in [0.05, 0.1) is 14.2 Å². The topological polar surface area (TPSA) is 38.8 Å². The van der Waals surface area contributed by atoms with Gasteiger partial charge in [0.25, 0.3) is 0 Å². The van der Waals surface area contributed by atoms with Gasteiger partial charge in [-0.05, 0) is 79.5 Å². The lowest BCUT2D eigenvalue weighted by Crippen LogP contribution is -2.56. The van der Waals surface area contributed by atoms with Crippen LogP contribution in [0.5, 0.6) is 11.5 Å². The zero-order valence-corrected chi connectivity index (χ0v) is 16.0. The molecule has 0 N–H and O–H groups in total. The van der Waals surface area contributed by atoms with E-state index in [1.165, 1.54) is 32.1 Å². The summed E-state index contributed by atoms with van der Waals surface area (Å²) < 4.78 is 10.6. The van der Waals surface area contributed by atoms with Crippen LogP contribution in [0.15, 0.2) is 24.3 Å². The molecule has 1 amide bonds. The summed E-state index contributed by atoms with van der Waals surface area (Å²) in [7, 11) is 5.26. The Balaban J connectivity index is 1.47. The molecule has 140 valence electrons. The van der Waals surface area contributed by atoms with Crippen molar-refractivity contribution < 1.29 is 14.3 Å². The van der Waals surface area contributed by atoms with Gasteiger partial charge >= 0.3 is 0 Å². The summed E-state index contributed by atoms with van der Waals surface area (Å²) >= 11 is 0. The molecule has 4 heteroatoms. The highest BCUT2D eigenvalue weighted by atomic mass is 16.5. The number of carbonyl (C=O) groups is 1. The third-order valence-corrected chi connectivity index (χ3v) is 6.76. The third kappa shape index (κ3) is 3.22. The first-order valence-electron chi connectivity index (χ1n) is 9.75. The zero-order valence-electron chi connectivity index (χ0n) is 16.0. The molecule has 4 bridgehead atoms. The fraction of sp³-hybridized carbons (Fsp3) is 0.591. The van der Waals surface area contributed by atoms with E-state index in [1.54, 1.807) is 20.3 Å². The summed E-state index contributed by atoms with van der Waals surface area (Å²) in [6.07, 6.45) is 10.3. The van der Waals surface area contributed by atoms with Gasteiger partial charge in [0.1, 0.15) is 11.5 Å². The molecule has 0 saturated heterocycles. The van der Waals surface area contributed by atoms with E-state index < -0.39 is 0 Å². The normalized spacial score (nSPS) is 32.0. The van der Waals surface area contributed by atoms with Gasteiger partial charge in [-0.2, -0.15) is 0 Å². The molecule has 4 nitrogen and oxygen atoms in total. The van der Waals surface area contributed by atoms with Crippen LogP contribution in [0.4, 0.5) is 0 Å². The smallest absolute Gasteiger partial charge is 0.246 e. The van der Waals surface area contributed by atoms with Gasteiger partial charge in [-0.15, -0.1) is 0 Å². The van der Waals surface area contributed by atoms with Crippen LogP contribution in [-0.2, 0) is 4.79 Å². The number of amides is 1. The number of likely N-dealkylation sites (N-methyl/N-ethyl adjacent to an activating group) is 1. The first kappa shape index (κ1) is 17.4. The van der Waals surface area contributed by atoms with Crippen LogP contribution in [0, 0.1) is 23.7 Å². The van der Waals surface area contributed by atoms with Crippen LogP contribution >= 0.6 is 0 Å². The Morgan fingerprint density at radius 3 is 2.00 bits per heavy atom. The lowest BCUT2D eigenvalue weighted by Gasteiger charge is -2.56. The van der Waals surface area contributed by atoms with Crippen molar-refractivity contribution in [2.45, 2.75) is 38.1 Å². The Bertz CT molecular complexity index is 661. The van der Waals surface area contributed by atoms with Crippen molar-refractivity contribution in [1.29, 1.82) is 0 Å². The van der Waals surface area contributed by atoms with Crippen LogP contribution in [0.3, 0.4) is 0 Å². The number of ether oxygens (including phenoxy) is 2. The molecule has 0 unspecified atom stereocenters. The minimum absolute atomic E-state index is 0.101. The molecule has 0 atom stereocenters. The van der Waals surface area contributed by atoms with Crippen molar-refractivity contribution in [3.63, 3.8) is 0 Å². The summed E-state index contributed by atoms with van der Waals surface area (Å²) in [5.41, 5.74) is 0.910.